The molecular formula is C8H8ClNS2. The van der Waals surface area contributed by atoms with Crippen LogP contribution in [0.15, 0.2) is 35.3 Å². The van der Waals surface area contributed by atoms with E-state index in [1.807, 2.05) is 18.2 Å². The predicted octanol–water partition coefficient (Wildman–Crippen LogP) is 3.21. The molecule has 12 heavy (non-hydrogen) atoms. The van der Waals surface area contributed by atoms with Crippen molar-refractivity contribution in [2.75, 3.05) is 5.88 Å². The third-order valence-corrected chi connectivity index (χ3v) is 3.44. The Morgan fingerprint density at radius 3 is 2.50 bits per heavy atom. The Labute approximate surface area is 85.9 Å². The molecule has 0 saturated carbocycles. The summed E-state index contributed by atoms with van der Waals surface area (Å²) < 4.78 is 0. The molecule has 0 saturated heterocycles. The van der Waals surface area contributed by atoms with Crippen molar-refractivity contribution in [1.29, 1.82) is 0 Å². The van der Waals surface area contributed by atoms with Gasteiger partial charge in [0.1, 0.15) is 5.04 Å². The van der Waals surface area contributed by atoms with Gasteiger partial charge in [0.15, 0.2) is 0 Å². The second kappa shape index (κ2) is 4.80. The lowest BCUT2D eigenvalue weighted by Crippen LogP contribution is -1.88. The maximum Gasteiger partial charge on any atom is 0.109 e. The fraction of sp³-hybridized carbons (Fsp3) is 0.125. The zero-order valence-electron chi connectivity index (χ0n) is 6.27. The molecule has 0 fully saturated rings. The van der Waals surface area contributed by atoms with Crippen molar-refractivity contribution < 1.29 is 0 Å². The number of hydrogen-bond donors (Lipinski definition) is 0. The van der Waals surface area contributed by atoms with E-state index < -0.39 is 0 Å². The third-order valence-electron chi connectivity index (χ3n) is 1.42. The molecule has 1 nitrogen and oxygen atoms in total. The van der Waals surface area contributed by atoms with Crippen LogP contribution >= 0.6 is 34.0 Å². The summed E-state index contributed by atoms with van der Waals surface area (Å²) >= 11 is 0. The van der Waals surface area contributed by atoms with E-state index in [-0.39, 0.29) is 12.4 Å². The van der Waals surface area contributed by atoms with E-state index in [1.54, 1.807) is 21.6 Å². The first-order valence-corrected chi connectivity index (χ1v) is 5.68. The molecular weight excluding hydrogens is 210 g/mol. The Kier molecular flexibility index (Phi) is 3.98. The van der Waals surface area contributed by atoms with Gasteiger partial charge in [-0.1, -0.05) is 41.1 Å². The molecule has 2 rings (SSSR count). The Morgan fingerprint density at radius 1 is 1.17 bits per heavy atom. The van der Waals surface area contributed by atoms with Crippen LogP contribution in [0.5, 0.6) is 0 Å². The van der Waals surface area contributed by atoms with Crippen molar-refractivity contribution in [2.24, 2.45) is 4.99 Å². The number of nitrogens with zero attached hydrogens (tertiary/aromatic N) is 1. The van der Waals surface area contributed by atoms with Gasteiger partial charge in [-0.05, 0) is 10.8 Å². The zero-order valence-corrected chi connectivity index (χ0v) is 8.72. The van der Waals surface area contributed by atoms with Crippen LogP contribution in [0.2, 0.25) is 0 Å². The molecule has 1 aromatic carbocycles. The summed E-state index contributed by atoms with van der Waals surface area (Å²) in [5.74, 6) is 0.898. The Morgan fingerprint density at radius 2 is 1.92 bits per heavy atom. The fourth-order valence-corrected chi connectivity index (χ4v) is 2.79. The van der Waals surface area contributed by atoms with E-state index in [0.717, 1.165) is 10.9 Å². The molecule has 1 aromatic rings. The van der Waals surface area contributed by atoms with Crippen LogP contribution in [0.25, 0.3) is 0 Å². The topological polar surface area (TPSA) is 12.4 Å². The SMILES string of the molecule is Cl.c1ccc(C2=NCSS2)cc1. The van der Waals surface area contributed by atoms with E-state index in [2.05, 4.69) is 17.1 Å². The monoisotopic (exact) mass is 217 g/mol. The molecule has 4 heteroatoms. The van der Waals surface area contributed by atoms with Gasteiger partial charge in [-0.2, -0.15) is 0 Å². The summed E-state index contributed by atoms with van der Waals surface area (Å²) in [6.45, 7) is 0. The molecule has 0 radical (unpaired) electrons. The van der Waals surface area contributed by atoms with Gasteiger partial charge in [0.2, 0.25) is 0 Å². The van der Waals surface area contributed by atoms with Gasteiger partial charge in [-0.15, -0.1) is 12.4 Å². The van der Waals surface area contributed by atoms with Crippen LogP contribution in [-0.2, 0) is 0 Å². The van der Waals surface area contributed by atoms with Gasteiger partial charge in [0, 0.05) is 5.56 Å². The zero-order chi connectivity index (χ0) is 7.52. The highest BCUT2D eigenvalue weighted by molar-refractivity contribution is 8.82. The second-order valence-corrected chi connectivity index (χ2v) is 4.41. The molecule has 0 bridgehead atoms. The first kappa shape index (κ1) is 9.96. The van der Waals surface area contributed by atoms with Gasteiger partial charge < -0.3 is 0 Å². The van der Waals surface area contributed by atoms with E-state index in [4.69, 9.17) is 0 Å². The van der Waals surface area contributed by atoms with Crippen LogP contribution < -0.4 is 0 Å². The summed E-state index contributed by atoms with van der Waals surface area (Å²) in [6, 6.07) is 10.3. The van der Waals surface area contributed by atoms with Gasteiger partial charge in [-0.25, -0.2) is 0 Å². The Hall–Kier alpha value is -0.120. The highest BCUT2D eigenvalue weighted by Gasteiger charge is 2.08. The summed E-state index contributed by atoms with van der Waals surface area (Å²) in [5.41, 5.74) is 1.24. The molecule has 0 amide bonds. The summed E-state index contributed by atoms with van der Waals surface area (Å²) in [5, 5.41) is 1.16. The minimum absolute atomic E-state index is 0. The fourth-order valence-electron chi connectivity index (χ4n) is 0.914. The molecule has 0 N–H and O–H groups in total. The number of rotatable bonds is 1. The van der Waals surface area contributed by atoms with E-state index in [0.29, 0.717) is 0 Å². The van der Waals surface area contributed by atoms with Crippen molar-refractivity contribution in [2.45, 2.75) is 0 Å². The number of benzene rings is 1. The normalized spacial score (nSPS) is 15.2. The number of hydrogen-bond acceptors (Lipinski definition) is 3. The van der Waals surface area contributed by atoms with Gasteiger partial charge >= 0.3 is 0 Å². The molecule has 0 aliphatic carbocycles. The van der Waals surface area contributed by atoms with Crippen molar-refractivity contribution in [3.8, 4) is 0 Å². The standard InChI is InChI=1S/C8H7NS2.ClH/c1-2-4-7(5-3-1)8-9-6-10-11-8;/h1-5H,6H2;1H. The van der Waals surface area contributed by atoms with Crippen molar-refractivity contribution >= 4 is 39.0 Å². The third kappa shape index (κ3) is 2.19. The lowest BCUT2D eigenvalue weighted by atomic mass is 10.2. The smallest absolute Gasteiger partial charge is 0.109 e. The largest absolute Gasteiger partial charge is 0.265 e. The quantitative estimate of drug-likeness (QED) is 0.670. The van der Waals surface area contributed by atoms with Crippen LogP contribution in [0.4, 0.5) is 0 Å². The molecule has 1 aliphatic heterocycles. The van der Waals surface area contributed by atoms with E-state index in [1.165, 1.54) is 5.56 Å². The van der Waals surface area contributed by atoms with Crippen molar-refractivity contribution in [3.63, 3.8) is 0 Å². The first-order chi connectivity index (χ1) is 5.47. The first-order valence-electron chi connectivity index (χ1n) is 3.36. The van der Waals surface area contributed by atoms with Crippen LogP contribution in [0, 0.1) is 0 Å². The highest BCUT2D eigenvalue weighted by Crippen LogP contribution is 2.32. The molecule has 1 heterocycles. The summed E-state index contributed by atoms with van der Waals surface area (Å²) in [4.78, 5) is 4.35. The van der Waals surface area contributed by atoms with Crippen LogP contribution in [0.1, 0.15) is 5.56 Å². The van der Waals surface area contributed by atoms with Crippen molar-refractivity contribution in [3.05, 3.63) is 35.9 Å². The minimum Gasteiger partial charge on any atom is -0.265 e. The van der Waals surface area contributed by atoms with E-state index >= 15 is 0 Å². The second-order valence-electron chi connectivity index (χ2n) is 2.16. The predicted molar refractivity (Wildman–Crippen MR) is 60.3 cm³/mol. The molecule has 64 valence electrons. The summed E-state index contributed by atoms with van der Waals surface area (Å²) in [7, 11) is 3.55. The number of aliphatic imine (C=N–C) groups is 1. The maximum absolute atomic E-state index is 4.35. The van der Waals surface area contributed by atoms with Gasteiger partial charge in [-0.3, -0.25) is 4.99 Å². The molecule has 1 aliphatic rings. The lowest BCUT2D eigenvalue weighted by molar-refractivity contribution is 1.40. The maximum atomic E-state index is 4.35. The van der Waals surface area contributed by atoms with E-state index in [9.17, 15) is 0 Å². The highest BCUT2D eigenvalue weighted by atomic mass is 35.5. The summed E-state index contributed by atoms with van der Waals surface area (Å²) in [6.07, 6.45) is 0. The molecule has 0 atom stereocenters. The van der Waals surface area contributed by atoms with Crippen LogP contribution in [0.3, 0.4) is 0 Å². The van der Waals surface area contributed by atoms with Gasteiger partial charge in [0.05, 0.1) is 5.88 Å². The average Bonchev–Trinajstić information content (AvgIpc) is 2.58. The van der Waals surface area contributed by atoms with Crippen molar-refractivity contribution in [1.82, 2.24) is 0 Å². The molecule has 0 unspecified atom stereocenters. The number of halogens is 1. The average molecular weight is 218 g/mol. The minimum atomic E-state index is 0. The Balaban J connectivity index is 0.000000720. The Bertz CT molecular complexity index is 274. The van der Waals surface area contributed by atoms with Crippen LogP contribution in [-0.4, -0.2) is 10.9 Å². The molecule has 0 spiro atoms. The lowest BCUT2D eigenvalue weighted by Gasteiger charge is -1.95. The van der Waals surface area contributed by atoms with Gasteiger partial charge in [0.25, 0.3) is 0 Å². The molecule has 0 aromatic heterocycles.